The molecule has 1 amide bonds. The summed E-state index contributed by atoms with van der Waals surface area (Å²) < 4.78 is 0. The monoisotopic (exact) mass is 291 g/mol. The number of aromatic nitrogens is 2. The number of carbonyl (C=O) groups excluding carboxylic acids is 1. The van der Waals surface area contributed by atoms with Crippen LogP contribution in [0.4, 0.5) is 5.82 Å². The quantitative estimate of drug-likeness (QED) is 0.782. The number of rotatable bonds is 4. The molecule has 6 heteroatoms. The van der Waals surface area contributed by atoms with Gasteiger partial charge in [-0.2, -0.15) is 5.10 Å². The van der Waals surface area contributed by atoms with Gasteiger partial charge in [0.25, 0.3) is 5.91 Å². The zero-order valence-corrected chi connectivity index (χ0v) is 12.5. The van der Waals surface area contributed by atoms with E-state index in [1.807, 2.05) is 0 Å². The first kappa shape index (κ1) is 14.4. The third kappa shape index (κ3) is 3.56. The van der Waals surface area contributed by atoms with Crippen LogP contribution >= 0.6 is 0 Å². The lowest BCUT2D eigenvalue weighted by atomic mass is 9.94. The van der Waals surface area contributed by atoms with Crippen LogP contribution in [0.2, 0.25) is 0 Å². The Morgan fingerprint density at radius 1 is 1.38 bits per heavy atom. The molecule has 0 radical (unpaired) electrons. The maximum absolute atomic E-state index is 11.9. The van der Waals surface area contributed by atoms with Crippen LogP contribution < -0.4 is 11.1 Å². The molecule has 1 saturated heterocycles. The van der Waals surface area contributed by atoms with Gasteiger partial charge in [0, 0.05) is 25.2 Å². The lowest BCUT2D eigenvalue weighted by Crippen LogP contribution is -2.36. The summed E-state index contributed by atoms with van der Waals surface area (Å²) in [5, 5.41) is 9.40. The number of nitrogen functional groups attached to an aromatic ring is 1. The van der Waals surface area contributed by atoms with Crippen LogP contribution in [0.1, 0.15) is 49.0 Å². The first-order valence-electron chi connectivity index (χ1n) is 8.05. The molecule has 1 aromatic rings. The van der Waals surface area contributed by atoms with Gasteiger partial charge in [0.1, 0.15) is 11.5 Å². The molecular weight excluding hydrogens is 266 g/mol. The van der Waals surface area contributed by atoms with E-state index in [1.54, 1.807) is 6.07 Å². The van der Waals surface area contributed by atoms with Gasteiger partial charge < -0.3 is 16.0 Å². The van der Waals surface area contributed by atoms with Gasteiger partial charge in [0.15, 0.2) is 0 Å². The average Bonchev–Trinajstić information content (AvgIpc) is 3.15. The summed E-state index contributed by atoms with van der Waals surface area (Å²) in [4.78, 5) is 14.6. The van der Waals surface area contributed by atoms with Crippen LogP contribution in [0.15, 0.2) is 6.07 Å². The highest BCUT2D eigenvalue weighted by molar-refractivity contribution is 5.92. The van der Waals surface area contributed by atoms with Gasteiger partial charge in [-0.15, -0.1) is 0 Å². The molecule has 1 saturated carbocycles. The largest absolute Gasteiger partial charge is 0.382 e. The van der Waals surface area contributed by atoms with Crippen LogP contribution in [0.3, 0.4) is 0 Å². The van der Waals surface area contributed by atoms with E-state index in [4.69, 9.17) is 5.73 Å². The van der Waals surface area contributed by atoms with E-state index in [0.29, 0.717) is 17.4 Å². The molecule has 1 atom stereocenters. The zero-order valence-electron chi connectivity index (χ0n) is 12.5. The number of aromatic amines is 1. The molecule has 4 N–H and O–H groups in total. The molecule has 1 aliphatic heterocycles. The third-order valence-corrected chi connectivity index (χ3v) is 4.80. The van der Waals surface area contributed by atoms with Gasteiger partial charge in [0.2, 0.25) is 0 Å². The molecule has 3 rings (SSSR count). The fraction of sp³-hybridized carbons (Fsp3) is 0.733. The molecule has 6 nitrogen and oxygen atoms in total. The molecule has 2 aliphatic rings. The average molecular weight is 291 g/mol. The number of nitrogens with zero attached hydrogens (tertiary/aromatic N) is 2. The van der Waals surface area contributed by atoms with Crippen molar-refractivity contribution in [2.45, 2.75) is 44.6 Å². The Morgan fingerprint density at radius 3 is 2.90 bits per heavy atom. The van der Waals surface area contributed by atoms with E-state index in [9.17, 15) is 4.79 Å². The van der Waals surface area contributed by atoms with Crippen LogP contribution in [-0.2, 0) is 0 Å². The molecule has 0 aromatic carbocycles. The number of hydrogen-bond donors (Lipinski definition) is 3. The van der Waals surface area contributed by atoms with Gasteiger partial charge in [0.05, 0.1) is 0 Å². The van der Waals surface area contributed by atoms with Crippen LogP contribution in [0, 0.1) is 5.92 Å². The van der Waals surface area contributed by atoms with Gasteiger partial charge in [-0.05, 0) is 31.7 Å². The topological polar surface area (TPSA) is 87.0 Å². The maximum atomic E-state index is 11.9. The fourth-order valence-corrected chi connectivity index (χ4v) is 3.59. The number of amides is 1. The molecule has 21 heavy (non-hydrogen) atoms. The summed E-state index contributed by atoms with van der Waals surface area (Å²) in [6.45, 7) is 3.04. The number of H-pyrrole nitrogens is 1. The van der Waals surface area contributed by atoms with Crippen molar-refractivity contribution in [1.29, 1.82) is 0 Å². The third-order valence-electron chi connectivity index (χ3n) is 4.80. The molecular formula is C15H25N5O. The van der Waals surface area contributed by atoms with Gasteiger partial charge in [-0.25, -0.2) is 0 Å². The Morgan fingerprint density at radius 2 is 2.19 bits per heavy atom. The van der Waals surface area contributed by atoms with Crippen LogP contribution in [-0.4, -0.2) is 46.7 Å². The van der Waals surface area contributed by atoms with Gasteiger partial charge >= 0.3 is 0 Å². The summed E-state index contributed by atoms with van der Waals surface area (Å²) >= 11 is 0. The number of nitrogens with two attached hydrogens (primary N) is 1. The van der Waals surface area contributed by atoms with E-state index in [-0.39, 0.29) is 5.91 Å². The molecule has 0 bridgehead atoms. The second kappa shape index (κ2) is 6.47. The minimum Gasteiger partial charge on any atom is -0.382 e. The number of anilines is 1. The minimum absolute atomic E-state index is 0.115. The lowest BCUT2D eigenvalue weighted by Gasteiger charge is -2.31. The predicted octanol–water partition coefficient (Wildman–Crippen LogP) is 1.38. The Labute approximate surface area is 125 Å². The number of carbonyl (C=O) groups is 1. The fourth-order valence-electron chi connectivity index (χ4n) is 3.59. The standard InChI is InChI=1S/C15H25N5O/c16-14-8-13(18-19-14)15(21)17-9-11-6-7-20(10-11)12-4-2-1-3-5-12/h8,11-12H,1-7,9-10H2,(H,17,21)(H3,16,18,19). The van der Waals surface area contributed by atoms with Gasteiger partial charge in [-0.1, -0.05) is 19.3 Å². The Hall–Kier alpha value is -1.56. The summed E-state index contributed by atoms with van der Waals surface area (Å²) in [5.74, 6) is 0.802. The van der Waals surface area contributed by atoms with Crippen molar-refractivity contribution in [2.75, 3.05) is 25.4 Å². The van der Waals surface area contributed by atoms with Crippen molar-refractivity contribution < 1.29 is 4.79 Å². The molecule has 1 aliphatic carbocycles. The van der Waals surface area contributed by atoms with Crippen molar-refractivity contribution in [3.8, 4) is 0 Å². The number of nitrogens with one attached hydrogen (secondary N) is 2. The summed E-state index contributed by atoms with van der Waals surface area (Å²) in [6, 6.07) is 2.35. The highest BCUT2D eigenvalue weighted by Gasteiger charge is 2.29. The van der Waals surface area contributed by atoms with Crippen molar-refractivity contribution >= 4 is 11.7 Å². The second-order valence-corrected chi connectivity index (χ2v) is 6.36. The number of likely N-dealkylation sites (tertiary alicyclic amines) is 1. The van der Waals surface area contributed by atoms with E-state index < -0.39 is 0 Å². The lowest BCUT2D eigenvalue weighted by molar-refractivity contribution is 0.0941. The van der Waals surface area contributed by atoms with Crippen molar-refractivity contribution in [3.63, 3.8) is 0 Å². The molecule has 116 valence electrons. The van der Waals surface area contributed by atoms with Crippen LogP contribution in [0.5, 0.6) is 0 Å². The Bertz CT molecular complexity index is 480. The van der Waals surface area contributed by atoms with E-state index in [1.165, 1.54) is 45.1 Å². The molecule has 2 fully saturated rings. The van der Waals surface area contributed by atoms with E-state index >= 15 is 0 Å². The highest BCUT2D eigenvalue weighted by atomic mass is 16.1. The van der Waals surface area contributed by atoms with Crippen LogP contribution in [0.25, 0.3) is 0 Å². The SMILES string of the molecule is Nc1cc(C(=O)NCC2CCN(C3CCCCC3)C2)[nH]n1. The molecule has 2 heterocycles. The molecule has 0 spiro atoms. The second-order valence-electron chi connectivity index (χ2n) is 6.36. The Balaban J connectivity index is 1.43. The van der Waals surface area contributed by atoms with E-state index in [2.05, 4.69) is 20.4 Å². The Kier molecular flexibility index (Phi) is 4.43. The van der Waals surface area contributed by atoms with E-state index in [0.717, 1.165) is 19.1 Å². The zero-order chi connectivity index (χ0) is 14.7. The van der Waals surface area contributed by atoms with Crippen molar-refractivity contribution in [2.24, 2.45) is 5.92 Å². The predicted molar refractivity (Wildman–Crippen MR) is 81.9 cm³/mol. The molecule has 1 aromatic heterocycles. The minimum atomic E-state index is -0.115. The molecule has 1 unspecified atom stereocenters. The summed E-state index contributed by atoms with van der Waals surface area (Å²) in [5.41, 5.74) is 5.95. The maximum Gasteiger partial charge on any atom is 0.269 e. The normalized spacial score (nSPS) is 24.3. The summed E-state index contributed by atoms with van der Waals surface area (Å²) in [6.07, 6.45) is 8.05. The first-order chi connectivity index (χ1) is 10.2. The smallest absolute Gasteiger partial charge is 0.269 e. The van der Waals surface area contributed by atoms with Crippen molar-refractivity contribution in [3.05, 3.63) is 11.8 Å². The van der Waals surface area contributed by atoms with Gasteiger partial charge in [-0.3, -0.25) is 9.89 Å². The summed E-state index contributed by atoms with van der Waals surface area (Å²) in [7, 11) is 0. The number of hydrogen-bond acceptors (Lipinski definition) is 4. The van der Waals surface area contributed by atoms with Crippen molar-refractivity contribution in [1.82, 2.24) is 20.4 Å². The first-order valence-corrected chi connectivity index (χ1v) is 8.05. The highest BCUT2D eigenvalue weighted by Crippen LogP contribution is 2.27.